The molecule has 0 saturated heterocycles. The topological polar surface area (TPSA) is 29.9 Å². The van der Waals surface area contributed by atoms with Crippen molar-refractivity contribution < 1.29 is 4.39 Å². The maximum Gasteiger partial charge on any atom is 0.128 e. The first-order valence-electron chi connectivity index (χ1n) is 6.65. The van der Waals surface area contributed by atoms with Crippen LogP contribution in [0.15, 0.2) is 30.5 Å². The van der Waals surface area contributed by atoms with E-state index in [9.17, 15) is 4.39 Å². The van der Waals surface area contributed by atoms with E-state index in [2.05, 4.69) is 10.4 Å². The van der Waals surface area contributed by atoms with Crippen LogP contribution in [0.25, 0.3) is 11.3 Å². The molecule has 4 heteroatoms. The van der Waals surface area contributed by atoms with Gasteiger partial charge in [-0.05, 0) is 19.1 Å². The van der Waals surface area contributed by atoms with Gasteiger partial charge in [0.05, 0.1) is 5.69 Å². The Morgan fingerprint density at radius 3 is 2.74 bits per heavy atom. The molecule has 1 N–H and O–H groups in total. The molecular weight excluding hydrogens is 241 g/mol. The maximum absolute atomic E-state index is 14.1. The molecule has 0 aliphatic heterocycles. The number of nitrogens with one attached hydrogen (secondary N) is 1. The lowest BCUT2D eigenvalue weighted by Crippen LogP contribution is -2.22. The van der Waals surface area contributed by atoms with E-state index in [-0.39, 0.29) is 5.82 Å². The van der Waals surface area contributed by atoms with E-state index in [0.717, 1.165) is 17.8 Å². The SMILES string of the molecule is CCn1nccc1-c1ccc(CNC(C)C)c(F)c1. The molecule has 0 radical (unpaired) electrons. The van der Waals surface area contributed by atoms with Crippen molar-refractivity contribution >= 4 is 0 Å². The number of halogens is 1. The number of aromatic nitrogens is 2. The smallest absolute Gasteiger partial charge is 0.128 e. The molecule has 1 aromatic carbocycles. The molecule has 19 heavy (non-hydrogen) atoms. The molecule has 0 saturated carbocycles. The summed E-state index contributed by atoms with van der Waals surface area (Å²) in [6.45, 7) is 7.45. The third-order valence-electron chi connectivity index (χ3n) is 3.07. The van der Waals surface area contributed by atoms with Crippen molar-refractivity contribution in [3.63, 3.8) is 0 Å². The van der Waals surface area contributed by atoms with Gasteiger partial charge in [0, 0.05) is 36.5 Å². The van der Waals surface area contributed by atoms with Crippen molar-refractivity contribution in [2.45, 2.75) is 39.9 Å². The Bertz CT molecular complexity index is 546. The lowest BCUT2D eigenvalue weighted by atomic mass is 10.1. The van der Waals surface area contributed by atoms with Crippen LogP contribution in [-0.4, -0.2) is 15.8 Å². The zero-order valence-corrected chi connectivity index (χ0v) is 11.7. The average molecular weight is 261 g/mol. The molecule has 0 fully saturated rings. The maximum atomic E-state index is 14.1. The fourth-order valence-corrected chi connectivity index (χ4v) is 1.99. The summed E-state index contributed by atoms with van der Waals surface area (Å²) in [5, 5.41) is 7.43. The summed E-state index contributed by atoms with van der Waals surface area (Å²) in [5.41, 5.74) is 2.51. The van der Waals surface area contributed by atoms with Crippen LogP contribution in [0.3, 0.4) is 0 Å². The predicted molar refractivity (Wildman–Crippen MR) is 75.3 cm³/mol. The highest BCUT2D eigenvalue weighted by Gasteiger charge is 2.08. The van der Waals surface area contributed by atoms with Crippen LogP contribution in [0.4, 0.5) is 4.39 Å². The summed E-state index contributed by atoms with van der Waals surface area (Å²) in [4.78, 5) is 0. The number of rotatable bonds is 5. The van der Waals surface area contributed by atoms with Gasteiger partial charge in [-0.25, -0.2) is 4.39 Å². The third kappa shape index (κ3) is 3.20. The van der Waals surface area contributed by atoms with Crippen LogP contribution in [-0.2, 0) is 13.1 Å². The Morgan fingerprint density at radius 1 is 1.32 bits per heavy atom. The zero-order valence-electron chi connectivity index (χ0n) is 11.7. The van der Waals surface area contributed by atoms with E-state index in [1.54, 1.807) is 12.3 Å². The van der Waals surface area contributed by atoms with Crippen molar-refractivity contribution in [1.29, 1.82) is 0 Å². The molecule has 0 amide bonds. The van der Waals surface area contributed by atoms with Crippen LogP contribution in [0, 0.1) is 5.82 Å². The fourth-order valence-electron chi connectivity index (χ4n) is 1.99. The van der Waals surface area contributed by atoms with Gasteiger partial charge >= 0.3 is 0 Å². The second kappa shape index (κ2) is 5.97. The van der Waals surface area contributed by atoms with E-state index in [0.29, 0.717) is 18.2 Å². The first-order valence-corrected chi connectivity index (χ1v) is 6.65. The first kappa shape index (κ1) is 13.7. The molecular formula is C15H20FN3. The quantitative estimate of drug-likeness (QED) is 0.895. The number of benzene rings is 1. The van der Waals surface area contributed by atoms with Crippen molar-refractivity contribution in [1.82, 2.24) is 15.1 Å². The van der Waals surface area contributed by atoms with E-state index < -0.39 is 0 Å². The summed E-state index contributed by atoms with van der Waals surface area (Å²) in [6.07, 6.45) is 1.74. The van der Waals surface area contributed by atoms with Gasteiger partial charge in [0.1, 0.15) is 5.82 Å². The molecule has 0 spiro atoms. The predicted octanol–water partition coefficient (Wildman–Crippen LogP) is 3.21. The number of aryl methyl sites for hydroxylation is 1. The van der Waals surface area contributed by atoms with Crippen LogP contribution in [0.5, 0.6) is 0 Å². The molecule has 2 rings (SSSR count). The van der Waals surface area contributed by atoms with Crippen molar-refractivity contribution in [3.05, 3.63) is 41.8 Å². The lowest BCUT2D eigenvalue weighted by Gasteiger charge is -2.10. The van der Waals surface area contributed by atoms with Crippen LogP contribution < -0.4 is 5.32 Å². The molecule has 0 unspecified atom stereocenters. The Morgan fingerprint density at radius 2 is 2.11 bits per heavy atom. The first-order chi connectivity index (χ1) is 9.11. The standard InChI is InChI=1S/C15H20FN3/c1-4-19-15(7-8-18-19)12-5-6-13(14(16)9-12)10-17-11(2)3/h5-9,11,17H,4,10H2,1-3H3. The minimum Gasteiger partial charge on any atom is -0.310 e. The summed E-state index contributed by atoms with van der Waals surface area (Å²) in [6, 6.07) is 7.63. The Hall–Kier alpha value is -1.68. The highest BCUT2D eigenvalue weighted by Crippen LogP contribution is 2.21. The van der Waals surface area contributed by atoms with Crippen molar-refractivity contribution in [3.8, 4) is 11.3 Å². The monoisotopic (exact) mass is 261 g/mol. The average Bonchev–Trinajstić information content (AvgIpc) is 2.85. The second-order valence-electron chi connectivity index (χ2n) is 4.87. The van der Waals surface area contributed by atoms with Crippen molar-refractivity contribution in [2.24, 2.45) is 0 Å². The van der Waals surface area contributed by atoms with E-state index in [1.165, 1.54) is 0 Å². The number of hydrogen-bond acceptors (Lipinski definition) is 2. The molecule has 0 bridgehead atoms. The fraction of sp³-hybridized carbons (Fsp3) is 0.400. The van der Waals surface area contributed by atoms with Gasteiger partial charge in [-0.1, -0.05) is 26.0 Å². The van der Waals surface area contributed by atoms with Gasteiger partial charge in [-0.15, -0.1) is 0 Å². The summed E-state index contributed by atoms with van der Waals surface area (Å²) >= 11 is 0. The molecule has 1 aromatic heterocycles. The Labute approximate surface area is 113 Å². The van der Waals surface area contributed by atoms with Gasteiger partial charge in [0.2, 0.25) is 0 Å². The molecule has 2 aromatic rings. The Balaban J connectivity index is 2.23. The summed E-state index contributed by atoms with van der Waals surface area (Å²) in [7, 11) is 0. The molecule has 102 valence electrons. The van der Waals surface area contributed by atoms with Gasteiger partial charge < -0.3 is 5.32 Å². The molecule has 3 nitrogen and oxygen atoms in total. The summed E-state index contributed by atoms with van der Waals surface area (Å²) in [5.74, 6) is -0.172. The normalized spacial score (nSPS) is 11.2. The van der Waals surface area contributed by atoms with Gasteiger partial charge in [-0.3, -0.25) is 4.68 Å². The zero-order chi connectivity index (χ0) is 13.8. The second-order valence-corrected chi connectivity index (χ2v) is 4.87. The van der Waals surface area contributed by atoms with Gasteiger partial charge in [0.25, 0.3) is 0 Å². The van der Waals surface area contributed by atoms with Crippen LogP contribution >= 0.6 is 0 Å². The lowest BCUT2D eigenvalue weighted by molar-refractivity contribution is 0.553. The highest BCUT2D eigenvalue weighted by molar-refractivity contribution is 5.59. The number of hydrogen-bond donors (Lipinski definition) is 1. The van der Waals surface area contributed by atoms with Gasteiger partial charge in [-0.2, -0.15) is 5.10 Å². The van der Waals surface area contributed by atoms with Crippen LogP contribution in [0.1, 0.15) is 26.3 Å². The minimum atomic E-state index is -0.172. The van der Waals surface area contributed by atoms with E-state index in [4.69, 9.17) is 0 Å². The van der Waals surface area contributed by atoms with Crippen molar-refractivity contribution in [2.75, 3.05) is 0 Å². The third-order valence-corrected chi connectivity index (χ3v) is 3.07. The number of nitrogens with zero attached hydrogens (tertiary/aromatic N) is 2. The van der Waals surface area contributed by atoms with E-state index >= 15 is 0 Å². The van der Waals surface area contributed by atoms with Gasteiger partial charge in [0.15, 0.2) is 0 Å². The minimum absolute atomic E-state index is 0.172. The molecule has 1 heterocycles. The largest absolute Gasteiger partial charge is 0.310 e. The molecule has 0 aliphatic carbocycles. The summed E-state index contributed by atoms with van der Waals surface area (Å²) < 4.78 is 15.9. The van der Waals surface area contributed by atoms with Crippen LogP contribution in [0.2, 0.25) is 0 Å². The Kier molecular flexibility index (Phi) is 4.32. The van der Waals surface area contributed by atoms with E-state index in [1.807, 2.05) is 43.7 Å². The highest BCUT2D eigenvalue weighted by atomic mass is 19.1. The molecule has 0 aliphatic rings. The molecule has 0 atom stereocenters.